The van der Waals surface area contributed by atoms with Gasteiger partial charge in [0.1, 0.15) is 0 Å². The lowest BCUT2D eigenvalue weighted by molar-refractivity contribution is 0.886. The van der Waals surface area contributed by atoms with Crippen LogP contribution < -0.4 is 0 Å². The Balaban J connectivity index is 0.00000132. The highest BCUT2D eigenvalue weighted by atomic mass is 14.2. The number of allylic oxidation sites excluding steroid dienone is 1. The van der Waals surface area contributed by atoms with Gasteiger partial charge in [-0.05, 0) is 175 Å². The zero-order valence-electron chi connectivity index (χ0n) is 40.8. The van der Waals surface area contributed by atoms with Crippen LogP contribution in [-0.4, -0.2) is 0 Å². The molecule has 12 aromatic carbocycles. The fourth-order valence-corrected chi connectivity index (χ4v) is 10.5. The van der Waals surface area contributed by atoms with Gasteiger partial charge in [0.2, 0.25) is 0 Å². The van der Waals surface area contributed by atoms with Crippen LogP contribution in [0.25, 0.3) is 133 Å². The molecule has 0 N–H and O–H groups in total. The topological polar surface area (TPSA) is 0 Å². The van der Waals surface area contributed by atoms with Crippen LogP contribution in [0.2, 0.25) is 0 Å². The van der Waals surface area contributed by atoms with Gasteiger partial charge in [0, 0.05) is 0 Å². The van der Waals surface area contributed by atoms with Crippen molar-refractivity contribution in [1.82, 2.24) is 0 Å². The molecule has 0 fully saturated rings. The van der Waals surface area contributed by atoms with Gasteiger partial charge < -0.3 is 0 Å². The van der Waals surface area contributed by atoms with Crippen molar-refractivity contribution in [2.75, 3.05) is 0 Å². The van der Waals surface area contributed by atoms with Crippen LogP contribution in [0.1, 0.15) is 44.7 Å². The van der Waals surface area contributed by atoms with E-state index in [-0.39, 0.29) is 0 Å². The molecule has 12 rings (SSSR count). The number of benzene rings is 12. The van der Waals surface area contributed by atoms with Crippen LogP contribution >= 0.6 is 0 Å². The summed E-state index contributed by atoms with van der Waals surface area (Å²) in [5.74, 6) is 0. The smallest absolute Gasteiger partial charge is 0.00259 e. The van der Waals surface area contributed by atoms with Gasteiger partial charge >= 0.3 is 0 Å². The molecule has 340 valence electrons. The first kappa shape index (κ1) is 44.9. The van der Waals surface area contributed by atoms with E-state index in [0.29, 0.717) is 0 Å². The highest BCUT2D eigenvalue weighted by Gasteiger charge is 2.20. The summed E-state index contributed by atoms with van der Waals surface area (Å²) in [6.45, 7) is 10.6. The van der Waals surface area contributed by atoms with Gasteiger partial charge in [-0.15, -0.1) is 0 Å². The van der Waals surface area contributed by atoms with E-state index in [1.807, 2.05) is 6.08 Å². The molecule has 0 spiro atoms. The summed E-state index contributed by atoms with van der Waals surface area (Å²) < 4.78 is 0. The summed E-state index contributed by atoms with van der Waals surface area (Å²) in [6, 6.07) is 85.4. The molecule has 0 unspecified atom stereocenters. The van der Waals surface area contributed by atoms with Crippen molar-refractivity contribution in [1.29, 1.82) is 0 Å². The zero-order chi connectivity index (χ0) is 48.3. The van der Waals surface area contributed by atoms with E-state index in [0.717, 1.165) is 11.1 Å². The molecule has 0 aliphatic heterocycles. The van der Waals surface area contributed by atoms with E-state index < -0.39 is 0 Å². The molecule has 0 aliphatic rings. The first-order chi connectivity index (χ1) is 35.0. The van der Waals surface area contributed by atoms with E-state index in [4.69, 9.17) is 0 Å². The number of rotatable bonds is 9. The molecule has 0 radical (unpaired) electrons. The highest BCUT2D eigenvalue weighted by Crippen LogP contribution is 2.47. The van der Waals surface area contributed by atoms with Gasteiger partial charge in [-0.2, -0.15) is 0 Å². The number of fused-ring (bicyclic) bond motifs is 5. The summed E-state index contributed by atoms with van der Waals surface area (Å²) in [5.41, 5.74) is 16.7. The van der Waals surface area contributed by atoms with Crippen LogP contribution in [0, 0.1) is 0 Å². The Morgan fingerprint density at radius 2 is 0.746 bits per heavy atom. The molecule has 0 atom stereocenters. The molecular formula is C71H56. The molecule has 0 nitrogen and oxygen atoms in total. The lowest BCUT2D eigenvalue weighted by Gasteiger charge is -2.21. The fraction of sp³-hybridized carbons (Fsp3) is 0.0704. The lowest BCUT2D eigenvalue weighted by atomic mass is 9.83. The Hall–Kier alpha value is -8.58. The van der Waals surface area contributed by atoms with E-state index in [1.165, 1.54) is 133 Å². The van der Waals surface area contributed by atoms with Crippen molar-refractivity contribution in [3.8, 4) is 66.8 Å². The first-order valence-electron chi connectivity index (χ1n) is 25.1. The molecule has 0 amide bonds. The molecular weight excluding hydrogens is 853 g/mol. The zero-order valence-corrected chi connectivity index (χ0v) is 40.8. The maximum Gasteiger partial charge on any atom is -0.00259 e. The summed E-state index contributed by atoms with van der Waals surface area (Å²) in [6.07, 6.45) is 8.91. The monoisotopic (exact) mass is 908 g/mol. The second kappa shape index (κ2) is 19.8. The third-order valence-corrected chi connectivity index (χ3v) is 14.2. The van der Waals surface area contributed by atoms with Gasteiger partial charge in [0.05, 0.1) is 0 Å². The molecule has 0 bridgehead atoms. The molecule has 0 saturated carbocycles. The number of hydrogen-bond donors (Lipinski definition) is 0. The Labute approximate surface area is 418 Å². The molecule has 0 saturated heterocycles. The van der Waals surface area contributed by atoms with Crippen LogP contribution in [0.4, 0.5) is 0 Å². The second-order valence-corrected chi connectivity index (χ2v) is 18.6. The molecule has 71 heavy (non-hydrogen) atoms. The van der Waals surface area contributed by atoms with Crippen LogP contribution in [0.15, 0.2) is 243 Å². The lowest BCUT2D eigenvalue weighted by Crippen LogP contribution is -1.94. The Morgan fingerprint density at radius 1 is 0.310 bits per heavy atom. The van der Waals surface area contributed by atoms with Crippen molar-refractivity contribution >= 4 is 66.0 Å². The Kier molecular flexibility index (Phi) is 12.5. The van der Waals surface area contributed by atoms with E-state index >= 15 is 0 Å². The predicted octanol–water partition coefficient (Wildman–Crippen LogP) is 20.9. The molecule has 0 heterocycles. The number of unbranched alkanes of at least 4 members (excludes halogenated alkanes) is 1. The van der Waals surface area contributed by atoms with Gasteiger partial charge in [0.15, 0.2) is 0 Å². The maximum atomic E-state index is 4.18. The van der Waals surface area contributed by atoms with Gasteiger partial charge in [0.25, 0.3) is 0 Å². The molecule has 0 aliphatic carbocycles. The summed E-state index contributed by atoms with van der Waals surface area (Å²) in [7, 11) is 0. The van der Waals surface area contributed by atoms with E-state index in [2.05, 4.69) is 270 Å². The third kappa shape index (κ3) is 8.64. The highest BCUT2D eigenvalue weighted by molar-refractivity contribution is 6.23. The second-order valence-electron chi connectivity index (χ2n) is 18.6. The van der Waals surface area contributed by atoms with E-state index in [1.54, 1.807) is 0 Å². The first-order valence-corrected chi connectivity index (χ1v) is 25.1. The SMILES string of the molecule is C=Cc1ccc(-c2c3ccc(-c4cccc(-c5cccc6ccccc56)c4)cc3c(-c3ccc4ccccc4c3)c3ccc(-c4cccc(-c5cccc6ccccc56)c4)cc23)cc1/C=C\C.CCCC. The van der Waals surface area contributed by atoms with Crippen molar-refractivity contribution in [2.24, 2.45) is 0 Å². The molecule has 0 aromatic heterocycles. The van der Waals surface area contributed by atoms with Gasteiger partial charge in [-0.3, -0.25) is 0 Å². The van der Waals surface area contributed by atoms with Crippen LogP contribution in [0.5, 0.6) is 0 Å². The van der Waals surface area contributed by atoms with Crippen molar-refractivity contribution < 1.29 is 0 Å². The normalized spacial score (nSPS) is 11.4. The maximum absolute atomic E-state index is 4.18. The Bertz CT molecular complexity index is 3980. The van der Waals surface area contributed by atoms with Crippen LogP contribution in [-0.2, 0) is 0 Å². The quantitative estimate of drug-likeness (QED) is 0.127. The van der Waals surface area contributed by atoms with Gasteiger partial charge in [-0.1, -0.05) is 246 Å². The minimum atomic E-state index is 1.11. The minimum Gasteiger partial charge on any atom is -0.0984 e. The van der Waals surface area contributed by atoms with Crippen LogP contribution in [0.3, 0.4) is 0 Å². The number of hydrogen-bond acceptors (Lipinski definition) is 0. The average Bonchev–Trinajstić information content (AvgIpc) is 3.44. The largest absolute Gasteiger partial charge is 0.0984 e. The predicted molar refractivity (Wildman–Crippen MR) is 312 cm³/mol. The average molecular weight is 909 g/mol. The third-order valence-electron chi connectivity index (χ3n) is 14.2. The summed E-state index contributed by atoms with van der Waals surface area (Å²) in [5, 5.41) is 12.3. The minimum absolute atomic E-state index is 1.11. The van der Waals surface area contributed by atoms with Crippen molar-refractivity contribution in [3.05, 3.63) is 254 Å². The summed E-state index contributed by atoms with van der Waals surface area (Å²) in [4.78, 5) is 0. The molecule has 12 aromatic rings. The standard InChI is InChI=1S/C67H46.C4H10/c1-3-15-48-40-56(32-30-44(48)4-2)66-62-36-34-53(51-23-12-25-55(39-51)61-29-14-21-47-18-8-10-27-59(47)61)43-65(62)67(57-33-31-45-16-5-6-19-49(45)41-57)63-37-35-52(42-64(63)66)50-22-11-24-54(38-50)60-28-13-20-46-17-7-9-26-58(46)60;1-3-4-2/h3-43H,2H2,1H3;3-4H2,1-2H3/b15-3-;. The fourth-order valence-electron chi connectivity index (χ4n) is 10.5. The molecule has 0 heteroatoms. The van der Waals surface area contributed by atoms with Crippen molar-refractivity contribution in [3.63, 3.8) is 0 Å². The van der Waals surface area contributed by atoms with Crippen molar-refractivity contribution in [2.45, 2.75) is 33.6 Å². The Morgan fingerprint density at radius 3 is 1.28 bits per heavy atom. The van der Waals surface area contributed by atoms with E-state index in [9.17, 15) is 0 Å². The summed E-state index contributed by atoms with van der Waals surface area (Å²) >= 11 is 0. The van der Waals surface area contributed by atoms with Gasteiger partial charge in [-0.25, -0.2) is 0 Å².